The molecule has 2 unspecified atom stereocenters. The molecule has 0 aromatic heterocycles. The van der Waals surface area contributed by atoms with Gasteiger partial charge in [-0.1, -0.05) is 6.92 Å². The summed E-state index contributed by atoms with van der Waals surface area (Å²) in [7, 11) is 0. The SMILES string of the molecule is CCCOC1CCCN(C(=O)N2CCC(CC(=O)O)C2)C1. The summed E-state index contributed by atoms with van der Waals surface area (Å²) in [4.78, 5) is 26.9. The molecule has 2 fully saturated rings. The van der Waals surface area contributed by atoms with Gasteiger partial charge in [-0.25, -0.2) is 4.79 Å². The van der Waals surface area contributed by atoms with Crippen LogP contribution in [-0.4, -0.2) is 65.8 Å². The molecule has 0 radical (unpaired) electrons. The molecule has 6 nitrogen and oxygen atoms in total. The van der Waals surface area contributed by atoms with E-state index >= 15 is 0 Å². The Morgan fingerprint density at radius 1 is 1.19 bits per heavy atom. The molecule has 21 heavy (non-hydrogen) atoms. The summed E-state index contributed by atoms with van der Waals surface area (Å²) >= 11 is 0. The van der Waals surface area contributed by atoms with Crippen molar-refractivity contribution in [2.45, 2.75) is 45.1 Å². The Morgan fingerprint density at radius 2 is 1.95 bits per heavy atom. The highest BCUT2D eigenvalue weighted by atomic mass is 16.5. The third-order valence-corrected chi connectivity index (χ3v) is 4.23. The van der Waals surface area contributed by atoms with Gasteiger partial charge in [0.2, 0.25) is 0 Å². The second kappa shape index (κ2) is 7.64. The largest absolute Gasteiger partial charge is 0.481 e. The fraction of sp³-hybridized carbons (Fsp3) is 0.867. The topological polar surface area (TPSA) is 70.1 Å². The van der Waals surface area contributed by atoms with Crippen LogP contribution in [0.2, 0.25) is 0 Å². The molecule has 2 aliphatic rings. The van der Waals surface area contributed by atoms with E-state index in [1.807, 2.05) is 4.90 Å². The summed E-state index contributed by atoms with van der Waals surface area (Å²) in [6.45, 7) is 5.52. The molecule has 0 aliphatic carbocycles. The zero-order valence-electron chi connectivity index (χ0n) is 12.8. The summed E-state index contributed by atoms with van der Waals surface area (Å²) in [5.74, 6) is -0.677. The summed E-state index contributed by atoms with van der Waals surface area (Å²) in [6.07, 6.45) is 4.10. The van der Waals surface area contributed by atoms with Gasteiger partial charge in [0.05, 0.1) is 6.10 Å². The van der Waals surface area contributed by atoms with Crippen molar-refractivity contribution in [2.75, 3.05) is 32.8 Å². The third kappa shape index (κ3) is 4.59. The fourth-order valence-electron chi connectivity index (χ4n) is 3.15. The van der Waals surface area contributed by atoms with E-state index in [4.69, 9.17) is 9.84 Å². The van der Waals surface area contributed by atoms with Crippen LogP contribution in [0.5, 0.6) is 0 Å². The standard InChI is InChI=1S/C15H26N2O4/c1-2-8-21-13-4-3-6-16(11-13)15(20)17-7-5-12(10-17)9-14(18)19/h12-13H,2-11H2,1H3,(H,18,19). The van der Waals surface area contributed by atoms with Crippen molar-refractivity contribution in [1.29, 1.82) is 0 Å². The Bertz CT molecular complexity index is 375. The van der Waals surface area contributed by atoms with Crippen molar-refractivity contribution in [3.8, 4) is 0 Å². The second-order valence-corrected chi connectivity index (χ2v) is 6.06. The lowest BCUT2D eigenvalue weighted by Gasteiger charge is -2.35. The summed E-state index contributed by atoms with van der Waals surface area (Å²) in [5.41, 5.74) is 0. The number of ether oxygens (including phenoxy) is 1. The Morgan fingerprint density at radius 3 is 2.67 bits per heavy atom. The van der Waals surface area contributed by atoms with Gasteiger partial charge < -0.3 is 19.6 Å². The maximum Gasteiger partial charge on any atom is 0.320 e. The summed E-state index contributed by atoms with van der Waals surface area (Å²) in [5, 5.41) is 8.83. The molecule has 2 rings (SSSR count). The van der Waals surface area contributed by atoms with E-state index < -0.39 is 5.97 Å². The number of aliphatic carboxylic acids is 1. The lowest BCUT2D eigenvalue weighted by Crippen LogP contribution is -2.48. The second-order valence-electron chi connectivity index (χ2n) is 6.06. The molecule has 2 atom stereocenters. The predicted octanol–water partition coefficient (Wildman–Crippen LogP) is 1.79. The maximum absolute atomic E-state index is 12.5. The van der Waals surface area contributed by atoms with Gasteiger partial charge >= 0.3 is 12.0 Å². The summed E-state index contributed by atoms with van der Waals surface area (Å²) < 4.78 is 5.76. The van der Waals surface area contributed by atoms with E-state index in [1.165, 1.54) is 0 Å². The van der Waals surface area contributed by atoms with Crippen LogP contribution in [-0.2, 0) is 9.53 Å². The molecule has 0 bridgehead atoms. The fourth-order valence-corrected chi connectivity index (χ4v) is 3.15. The smallest absolute Gasteiger partial charge is 0.320 e. The van der Waals surface area contributed by atoms with Crippen LogP contribution in [0.3, 0.4) is 0 Å². The van der Waals surface area contributed by atoms with Crippen LogP contribution in [0.15, 0.2) is 0 Å². The number of urea groups is 1. The highest BCUT2D eigenvalue weighted by Gasteiger charge is 2.32. The van der Waals surface area contributed by atoms with Gasteiger partial charge in [-0.2, -0.15) is 0 Å². The number of carbonyl (C=O) groups excluding carboxylic acids is 1. The Kier molecular flexibility index (Phi) is 5.85. The number of nitrogens with zero attached hydrogens (tertiary/aromatic N) is 2. The van der Waals surface area contributed by atoms with Crippen LogP contribution in [0, 0.1) is 5.92 Å². The number of carboxylic acid groups (broad SMARTS) is 1. The maximum atomic E-state index is 12.5. The molecule has 0 spiro atoms. The number of rotatable bonds is 5. The van der Waals surface area contributed by atoms with Crippen molar-refractivity contribution in [2.24, 2.45) is 5.92 Å². The number of hydrogen-bond acceptors (Lipinski definition) is 3. The predicted molar refractivity (Wildman–Crippen MR) is 78.2 cm³/mol. The van der Waals surface area contributed by atoms with Gasteiger partial charge in [-0.15, -0.1) is 0 Å². The Hall–Kier alpha value is -1.30. The van der Waals surface area contributed by atoms with E-state index in [2.05, 4.69) is 6.92 Å². The lowest BCUT2D eigenvalue weighted by atomic mass is 10.1. The van der Waals surface area contributed by atoms with Crippen molar-refractivity contribution in [1.82, 2.24) is 9.80 Å². The molecule has 1 N–H and O–H groups in total. The van der Waals surface area contributed by atoms with Crippen molar-refractivity contribution in [3.63, 3.8) is 0 Å². The first-order valence-electron chi connectivity index (χ1n) is 7.97. The lowest BCUT2D eigenvalue weighted by molar-refractivity contribution is -0.138. The van der Waals surface area contributed by atoms with Crippen LogP contribution in [0.1, 0.15) is 39.0 Å². The van der Waals surface area contributed by atoms with Crippen molar-refractivity contribution >= 4 is 12.0 Å². The molecule has 0 saturated carbocycles. The molecule has 0 aromatic carbocycles. The van der Waals surface area contributed by atoms with Crippen molar-refractivity contribution < 1.29 is 19.4 Å². The van der Waals surface area contributed by atoms with Gasteiger partial charge in [-0.05, 0) is 31.6 Å². The van der Waals surface area contributed by atoms with E-state index in [9.17, 15) is 9.59 Å². The average Bonchev–Trinajstić information content (AvgIpc) is 2.92. The molecule has 2 amide bonds. The Balaban J connectivity index is 1.81. The molecular formula is C15H26N2O4. The molecule has 2 heterocycles. The number of hydrogen-bond donors (Lipinski definition) is 1. The minimum Gasteiger partial charge on any atom is -0.481 e. The van der Waals surface area contributed by atoms with Crippen LogP contribution < -0.4 is 0 Å². The van der Waals surface area contributed by atoms with Crippen LogP contribution >= 0.6 is 0 Å². The summed E-state index contributed by atoms with van der Waals surface area (Å²) in [6, 6.07) is 0.0488. The Labute approximate surface area is 126 Å². The first-order valence-corrected chi connectivity index (χ1v) is 7.97. The molecule has 2 saturated heterocycles. The highest BCUT2D eigenvalue weighted by Crippen LogP contribution is 2.22. The van der Waals surface area contributed by atoms with E-state index in [0.717, 1.165) is 38.8 Å². The zero-order valence-corrected chi connectivity index (χ0v) is 12.8. The molecular weight excluding hydrogens is 272 g/mol. The number of carbonyl (C=O) groups is 2. The van der Waals surface area contributed by atoms with E-state index in [0.29, 0.717) is 19.6 Å². The van der Waals surface area contributed by atoms with Gasteiger partial charge in [0.25, 0.3) is 0 Å². The minimum atomic E-state index is -0.777. The molecule has 120 valence electrons. The third-order valence-electron chi connectivity index (χ3n) is 4.23. The van der Waals surface area contributed by atoms with E-state index in [-0.39, 0.29) is 24.5 Å². The first-order chi connectivity index (χ1) is 10.1. The van der Waals surface area contributed by atoms with Gasteiger partial charge in [0.15, 0.2) is 0 Å². The quantitative estimate of drug-likeness (QED) is 0.840. The van der Waals surface area contributed by atoms with Gasteiger partial charge in [0, 0.05) is 39.2 Å². The number of piperidine rings is 1. The van der Waals surface area contributed by atoms with Gasteiger partial charge in [0.1, 0.15) is 0 Å². The van der Waals surface area contributed by atoms with Crippen LogP contribution in [0.25, 0.3) is 0 Å². The van der Waals surface area contributed by atoms with Crippen LogP contribution in [0.4, 0.5) is 4.79 Å². The highest BCUT2D eigenvalue weighted by molar-refractivity contribution is 5.75. The van der Waals surface area contributed by atoms with E-state index in [1.54, 1.807) is 4.90 Å². The van der Waals surface area contributed by atoms with Crippen molar-refractivity contribution in [3.05, 3.63) is 0 Å². The van der Waals surface area contributed by atoms with Gasteiger partial charge in [-0.3, -0.25) is 4.79 Å². The minimum absolute atomic E-state index is 0.0488. The monoisotopic (exact) mass is 298 g/mol. The molecule has 6 heteroatoms. The molecule has 2 aliphatic heterocycles. The normalized spacial score (nSPS) is 26.1. The average molecular weight is 298 g/mol. The molecule has 0 aromatic rings. The first kappa shape index (κ1) is 16.1. The number of amides is 2. The number of carboxylic acids is 1. The number of likely N-dealkylation sites (tertiary alicyclic amines) is 2. The zero-order chi connectivity index (χ0) is 15.2.